The average Bonchev–Trinajstić information content (AvgIpc) is 3.08. The molecule has 140 valence electrons. The number of hydrogen-bond donors (Lipinski definition) is 2. The maximum Gasteiger partial charge on any atom is 0.252 e. The molecule has 27 heavy (non-hydrogen) atoms. The summed E-state index contributed by atoms with van der Waals surface area (Å²) in [4.78, 5) is 32.3. The Kier molecular flexibility index (Phi) is 5.06. The van der Waals surface area contributed by atoms with Crippen LogP contribution in [-0.4, -0.2) is 37.9 Å². The molecule has 0 radical (unpaired) electrons. The monoisotopic (exact) mass is 374 g/mol. The summed E-state index contributed by atoms with van der Waals surface area (Å²) in [6.07, 6.45) is 1.39. The van der Waals surface area contributed by atoms with E-state index in [-0.39, 0.29) is 24.6 Å². The lowest BCUT2D eigenvalue weighted by molar-refractivity contribution is -0.123. The van der Waals surface area contributed by atoms with Crippen LogP contribution in [0.2, 0.25) is 0 Å². The van der Waals surface area contributed by atoms with Gasteiger partial charge in [0.25, 0.3) is 5.78 Å². The molecule has 3 rings (SSSR count). The molecule has 0 aliphatic heterocycles. The normalized spacial score (nSPS) is 10.8. The molecule has 2 amide bonds. The van der Waals surface area contributed by atoms with Crippen LogP contribution in [0.1, 0.15) is 17.0 Å². The number of amides is 2. The molecule has 0 saturated heterocycles. The summed E-state index contributed by atoms with van der Waals surface area (Å²) in [5, 5.41) is 8.91. The van der Waals surface area contributed by atoms with Gasteiger partial charge >= 0.3 is 0 Å². The van der Waals surface area contributed by atoms with Crippen molar-refractivity contribution < 1.29 is 18.4 Å². The number of aryl methyl sites for hydroxylation is 2. The fourth-order valence-corrected chi connectivity index (χ4v) is 2.59. The first-order chi connectivity index (χ1) is 12.8. The zero-order chi connectivity index (χ0) is 19.6. The van der Waals surface area contributed by atoms with E-state index in [2.05, 4.69) is 25.7 Å². The highest BCUT2D eigenvalue weighted by Gasteiger charge is 2.15. The molecule has 2 heterocycles. The molecule has 0 fully saturated rings. The first-order valence-electron chi connectivity index (χ1n) is 8.02. The van der Waals surface area contributed by atoms with Crippen molar-refractivity contribution in [3.63, 3.8) is 0 Å². The van der Waals surface area contributed by atoms with Gasteiger partial charge in [-0.25, -0.2) is 18.3 Å². The number of carbonyl (C=O) groups is 2. The van der Waals surface area contributed by atoms with Crippen molar-refractivity contribution in [2.75, 3.05) is 11.9 Å². The number of nitrogens with zero attached hydrogens (tertiary/aromatic N) is 4. The molecule has 3 aromatic rings. The Morgan fingerprint density at radius 2 is 1.93 bits per heavy atom. The number of nitrogens with one attached hydrogen (secondary N) is 2. The van der Waals surface area contributed by atoms with Gasteiger partial charge in [-0.3, -0.25) is 9.59 Å². The Hall–Kier alpha value is -3.43. The van der Waals surface area contributed by atoms with Gasteiger partial charge < -0.3 is 10.6 Å². The quantitative estimate of drug-likeness (QED) is 0.701. The van der Waals surface area contributed by atoms with Gasteiger partial charge in [0.15, 0.2) is 11.6 Å². The van der Waals surface area contributed by atoms with Crippen LogP contribution in [0.25, 0.3) is 5.78 Å². The summed E-state index contributed by atoms with van der Waals surface area (Å²) in [5.74, 6) is -2.58. The molecule has 1 aromatic carbocycles. The van der Waals surface area contributed by atoms with Gasteiger partial charge in [0.2, 0.25) is 11.8 Å². The fraction of sp³-hybridized carbons (Fsp3) is 0.235. The minimum Gasteiger partial charge on any atom is -0.347 e. The highest BCUT2D eigenvalue weighted by molar-refractivity contribution is 5.94. The van der Waals surface area contributed by atoms with Crippen molar-refractivity contribution in [1.29, 1.82) is 0 Å². The molecule has 0 aliphatic rings. The standard InChI is InChI=1S/C17H16F2N6O2/c1-9-12(10(2)25-17(23-9)21-8-22-25)6-15(26)20-7-16(27)24-11-3-4-13(18)14(19)5-11/h3-5,8H,6-7H2,1-2H3,(H,20,26)(H,24,27). The van der Waals surface area contributed by atoms with Crippen LogP contribution >= 0.6 is 0 Å². The van der Waals surface area contributed by atoms with Gasteiger partial charge in [0.05, 0.1) is 13.0 Å². The first kappa shape index (κ1) is 18.4. The second-order valence-corrected chi connectivity index (χ2v) is 5.86. The van der Waals surface area contributed by atoms with Crippen LogP contribution in [0, 0.1) is 25.5 Å². The van der Waals surface area contributed by atoms with Crippen LogP contribution in [0.3, 0.4) is 0 Å². The molecule has 2 N–H and O–H groups in total. The van der Waals surface area contributed by atoms with Crippen molar-refractivity contribution >= 4 is 23.3 Å². The maximum absolute atomic E-state index is 13.1. The maximum atomic E-state index is 13.1. The minimum atomic E-state index is -1.07. The largest absolute Gasteiger partial charge is 0.347 e. The summed E-state index contributed by atoms with van der Waals surface area (Å²) < 4.78 is 27.5. The molecule has 8 nitrogen and oxygen atoms in total. The van der Waals surface area contributed by atoms with Gasteiger partial charge in [0.1, 0.15) is 6.33 Å². The van der Waals surface area contributed by atoms with Crippen LogP contribution in [0.5, 0.6) is 0 Å². The second kappa shape index (κ2) is 7.44. The molecule has 0 spiro atoms. The number of aromatic nitrogens is 4. The van der Waals surface area contributed by atoms with Gasteiger partial charge in [-0.1, -0.05) is 0 Å². The van der Waals surface area contributed by atoms with Crippen molar-refractivity contribution in [3.8, 4) is 0 Å². The molecular weight excluding hydrogens is 358 g/mol. The van der Waals surface area contributed by atoms with Crippen molar-refractivity contribution in [2.24, 2.45) is 0 Å². The Balaban J connectivity index is 1.59. The Morgan fingerprint density at radius 3 is 2.67 bits per heavy atom. The van der Waals surface area contributed by atoms with E-state index >= 15 is 0 Å². The lowest BCUT2D eigenvalue weighted by Crippen LogP contribution is -2.34. The van der Waals surface area contributed by atoms with E-state index in [0.29, 0.717) is 17.0 Å². The van der Waals surface area contributed by atoms with Gasteiger partial charge in [0, 0.05) is 28.7 Å². The summed E-state index contributed by atoms with van der Waals surface area (Å²) >= 11 is 0. The third kappa shape index (κ3) is 4.05. The Labute approximate surface area is 152 Å². The van der Waals surface area contributed by atoms with Crippen molar-refractivity contribution in [2.45, 2.75) is 20.3 Å². The number of benzene rings is 1. The molecule has 0 atom stereocenters. The predicted molar refractivity (Wildman–Crippen MR) is 92.0 cm³/mol. The number of anilines is 1. The van der Waals surface area contributed by atoms with E-state index in [0.717, 1.165) is 17.8 Å². The van der Waals surface area contributed by atoms with Crippen molar-refractivity contribution in [3.05, 3.63) is 53.1 Å². The molecule has 0 bridgehead atoms. The topological polar surface area (TPSA) is 101 Å². The van der Waals surface area contributed by atoms with E-state index in [1.54, 1.807) is 13.8 Å². The van der Waals surface area contributed by atoms with Crippen LogP contribution in [0.4, 0.5) is 14.5 Å². The number of rotatable bonds is 5. The van der Waals surface area contributed by atoms with Gasteiger partial charge in [-0.05, 0) is 26.0 Å². The highest BCUT2D eigenvalue weighted by atomic mass is 19.2. The summed E-state index contributed by atoms with van der Waals surface area (Å²) in [6.45, 7) is 3.25. The zero-order valence-electron chi connectivity index (χ0n) is 14.6. The summed E-state index contributed by atoms with van der Waals surface area (Å²) in [7, 11) is 0. The van der Waals surface area contributed by atoms with Gasteiger partial charge in [-0.15, -0.1) is 0 Å². The zero-order valence-corrected chi connectivity index (χ0v) is 14.6. The predicted octanol–water partition coefficient (Wildman–Crippen LogP) is 1.32. The van der Waals surface area contributed by atoms with Crippen LogP contribution in [0.15, 0.2) is 24.5 Å². The molecule has 10 heteroatoms. The van der Waals surface area contributed by atoms with Crippen LogP contribution in [-0.2, 0) is 16.0 Å². The smallest absolute Gasteiger partial charge is 0.252 e. The number of carbonyl (C=O) groups excluding carboxylic acids is 2. The lowest BCUT2D eigenvalue weighted by Gasteiger charge is -2.11. The van der Waals surface area contributed by atoms with E-state index in [1.165, 1.54) is 16.9 Å². The highest BCUT2D eigenvalue weighted by Crippen LogP contribution is 2.14. The molecule has 0 aliphatic carbocycles. The molecule has 2 aromatic heterocycles. The minimum absolute atomic E-state index is 0.0128. The van der Waals surface area contributed by atoms with Crippen molar-refractivity contribution in [1.82, 2.24) is 24.9 Å². The third-order valence-corrected chi connectivity index (χ3v) is 3.98. The SMILES string of the molecule is Cc1nc2ncnn2c(C)c1CC(=O)NCC(=O)Nc1ccc(F)c(F)c1. The molecular formula is C17H16F2N6O2. The molecule has 0 unspecified atom stereocenters. The fourth-order valence-electron chi connectivity index (χ4n) is 2.59. The second-order valence-electron chi connectivity index (χ2n) is 5.86. The summed E-state index contributed by atoms with van der Waals surface area (Å²) in [5.41, 5.74) is 2.16. The van der Waals surface area contributed by atoms with Crippen LogP contribution < -0.4 is 10.6 Å². The Bertz CT molecular complexity index is 1030. The number of halogens is 2. The number of hydrogen-bond acceptors (Lipinski definition) is 5. The lowest BCUT2D eigenvalue weighted by atomic mass is 10.1. The van der Waals surface area contributed by atoms with E-state index < -0.39 is 17.5 Å². The Morgan fingerprint density at radius 1 is 1.15 bits per heavy atom. The third-order valence-electron chi connectivity index (χ3n) is 3.98. The number of fused-ring (bicyclic) bond motifs is 1. The van der Waals surface area contributed by atoms with E-state index in [9.17, 15) is 18.4 Å². The summed E-state index contributed by atoms with van der Waals surface area (Å²) in [6, 6.07) is 2.99. The van der Waals surface area contributed by atoms with E-state index in [4.69, 9.17) is 0 Å². The van der Waals surface area contributed by atoms with Gasteiger partial charge in [-0.2, -0.15) is 10.1 Å². The van der Waals surface area contributed by atoms with E-state index in [1.807, 2.05) is 0 Å². The average molecular weight is 374 g/mol. The molecule has 0 saturated carbocycles. The first-order valence-corrected chi connectivity index (χ1v) is 8.02.